The van der Waals surface area contributed by atoms with Crippen molar-refractivity contribution in [3.05, 3.63) is 0 Å². The van der Waals surface area contributed by atoms with Gasteiger partial charge >= 0.3 is 12.3 Å². The molecule has 2 nitrogen and oxygen atoms in total. The smallest absolute Gasteiger partial charge is 0.309 e. The summed E-state index contributed by atoms with van der Waals surface area (Å²) in [6.07, 6.45) is -2.83. The summed E-state index contributed by atoms with van der Waals surface area (Å²) in [4.78, 5) is 1.45. The van der Waals surface area contributed by atoms with E-state index in [0.717, 1.165) is 6.42 Å². The molecule has 2 atom stereocenters. The van der Waals surface area contributed by atoms with E-state index in [9.17, 15) is 17.6 Å². The second kappa shape index (κ2) is 5.10. The average Bonchev–Trinajstić information content (AvgIpc) is 2.23. The predicted molar refractivity (Wildman–Crippen MR) is 58.7 cm³/mol. The first-order valence-corrected chi connectivity index (χ1v) is 5.85. The van der Waals surface area contributed by atoms with E-state index in [2.05, 4.69) is 5.32 Å². The zero-order valence-electron chi connectivity index (χ0n) is 10.4. The van der Waals surface area contributed by atoms with Crippen LogP contribution in [0.2, 0.25) is 0 Å². The van der Waals surface area contributed by atoms with E-state index in [-0.39, 0.29) is 11.6 Å². The lowest BCUT2D eigenvalue weighted by Crippen LogP contribution is -2.63. The van der Waals surface area contributed by atoms with Crippen molar-refractivity contribution in [3.63, 3.8) is 0 Å². The molecule has 0 radical (unpaired) electrons. The third-order valence-corrected chi connectivity index (χ3v) is 3.51. The lowest BCUT2D eigenvalue weighted by molar-refractivity contribution is -0.150. The minimum Gasteiger partial charge on any atom is -0.309 e. The molecular formula is C11H20F4N2. The van der Waals surface area contributed by atoms with Crippen LogP contribution < -0.4 is 5.32 Å². The van der Waals surface area contributed by atoms with Gasteiger partial charge in [0.05, 0.1) is 6.54 Å². The van der Waals surface area contributed by atoms with Gasteiger partial charge in [-0.3, -0.25) is 4.90 Å². The van der Waals surface area contributed by atoms with Crippen molar-refractivity contribution in [3.8, 4) is 0 Å². The van der Waals surface area contributed by atoms with E-state index >= 15 is 0 Å². The van der Waals surface area contributed by atoms with Crippen LogP contribution in [0.15, 0.2) is 0 Å². The molecule has 0 amide bonds. The molecule has 0 bridgehead atoms. The van der Waals surface area contributed by atoms with Crippen molar-refractivity contribution in [1.82, 2.24) is 10.2 Å². The van der Waals surface area contributed by atoms with E-state index in [1.807, 2.05) is 13.8 Å². The van der Waals surface area contributed by atoms with Crippen LogP contribution in [0.4, 0.5) is 17.6 Å². The quantitative estimate of drug-likeness (QED) is 0.777. The Kier molecular flexibility index (Phi) is 4.41. The van der Waals surface area contributed by atoms with Gasteiger partial charge < -0.3 is 5.32 Å². The molecule has 102 valence electrons. The number of halogens is 4. The molecule has 0 aliphatic carbocycles. The fourth-order valence-corrected chi connectivity index (χ4v) is 1.97. The van der Waals surface area contributed by atoms with E-state index < -0.39 is 18.9 Å². The molecular weight excluding hydrogens is 236 g/mol. The van der Waals surface area contributed by atoms with Crippen LogP contribution in [0.1, 0.15) is 27.2 Å². The van der Waals surface area contributed by atoms with Gasteiger partial charge in [-0.15, -0.1) is 0 Å². The van der Waals surface area contributed by atoms with Gasteiger partial charge in [0, 0.05) is 24.7 Å². The van der Waals surface area contributed by atoms with Crippen molar-refractivity contribution in [1.29, 1.82) is 0 Å². The lowest BCUT2D eigenvalue weighted by atomic mass is 9.93. The third kappa shape index (κ3) is 3.55. The van der Waals surface area contributed by atoms with Crippen molar-refractivity contribution >= 4 is 0 Å². The molecule has 1 rings (SSSR count). The minimum absolute atomic E-state index is 0.153. The van der Waals surface area contributed by atoms with Crippen LogP contribution >= 0.6 is 0 Å². The van der Waals surface area contributed by atoms with Gasteiger partial charge in [0.15, 0.2) is 0 Å². The maximum atomic E-state index is 13.0. The minimum atomic E-state index is -3.93. The predicted octanol–water partition coefficient (Wildman–Crippen LogP) is 2.35. The van der Waals surface area contributed by atoms with Crippen LogP contribution in [0.25, 0.3) is 0 Å². The highest BCUT2D eigenvalue weighted by Gasteiger charge is 2.45. The summed E-state index contributed by atoms with van der Waals surface area (Å²) in [7, 11) is 0. The van der Waals surface area contributed by atoms with Gasteiger partial charge in [-0.05, 0) is 20.3 Å². The molecule has 1 aliphatic heterocycles. The summed E-state index contributed by atoms with van der Waals surface area (Å²) in [6.45, 7) is 5.68. The van der Waals surface area contributed by atoms with Crippen molar-refractivity contribution in [2.24, 2.45) is 0 Å². The fourth-order valence-electron chi connectivity index (χ4n) is 1.97. The molecule has 1 saturated heterocycles. The lowest BCUT2D eigenvalue weighted by Gasteiger charge is -2.45. The maximum absolute atomic E-state index is 13.0. The molecule has 0 aromatic rings. The number of hydrogen-bond donors (Lipinski definition) is 1. The molecule has 1 N–H and O–H groups in total. The van der Waals surface area contributed by atoms with Gasteiger partial charge in [-0.25, -0.2) is 8.78 Å². The first kappa shape index (κ1) is 14.7. The Morgan fingerprint density at radius 3 is 2.53 bits per heavy atom. The Hall–Kier alpha value is -0.360. The van der Waals surface area contributed by atoms with Gasteiger partial charge in [0.25, 0.3) is 0 Å². The number of nitrogens with one attached hydrogen (secondary N) is 1. The number of hydrogen-bond acceptors (Lipinski definition) is 2. The Labute approximate surface area is 99.4 Å². The van der Waals surface area contributed by atoms with Crippen LogP contribution in [-0.2, 0) is 0 Å². The van der Waals surface area contributed by atoms with Crippen molar-refractivity contribution < 1.29 is 17.6 Å². The molecule has 1 fully saturated rings. The Morgan fingerprint density at radius 2 is 2.06 bits per heavy atom. The van der Waals surface area contributed by atoms with Gasteiger partial charge in [-0.2, -0.15) is 8.78 Å². The van der Waals surface area contributed by atoms with E-state index in [1.165, 1.54) is 4.90 Å². The zero-order valence-corrected chi connectivity index (χ0v) is 10.4. The normalized spacial score (nSPS) is 32.1. The molecule has 0 spiro atoms. The second-order valence-corrected chi connectivity index (χ2v) is 5.11. The monoisotopic (exact) mass is 256 g/mol. The fraction of sp³-hybridized carbons (Fsp3) is 1.00. The summed E-state index contributed by atoms with van der Waals surface area (Å²) in [5, 5.41) is 3.27. The second-order valence-electron chi connectivity index (χ2n) is 5.11. The average molecular weight is 256 g/mol. The number of alkyl halides is 4. The highest BCUT2D eigenvalue weighted by Crippen LogP contribution is 2.27. The first-order chi connectivity index (χ1) is 7.70. The largest absolute Gasteiger partial charge is 0.319 e. The molecule has 6 heteroatoms. The highest BCUT2D eigenvalue weighted by molar-refractivity contribution is 4.94. The molecule has 0 aromatic carbocycles. The molecule has 0 aromatic heterocycles. The van der Waals surface area contributed by atoms with E-state index in [4.69, 9.17) is 0 Å². The summed E-state index contributed by atoms with van der Waals surface area (Å²) in [6, 6.07) is -0.153. The van der Waals surface area contributed by atoms with E-state index in [0.29, 0.717) is 13.1 Å². The Bertz CT molecular complexity index is 260. The highest BCUT2D eigenvalue weighted by atomic mass is 19.3. The summed E-state index contributed by atoms with van der Waals surface area (Å²) < 4.78 is 50.4. The van der Waals surface area contributed by atoms with E-state index in [1.54, 1.807) is 6.92 Å². The van der Waals surface area contributed by atoms with Crippen LogP contribution in [-0.4, -0.2) is 48.5 Å². The van der Waals surface area contributed by atoms with Crippen molar-refractivity contribution in [2.45, 2.75) is 51.1 Å². The standard InChI is InChI=1S/C11H20F4N2/c1-4-10(3)6-17(8(2)5-16-10)7-11(14,15)9(12)13/h8-9,16H,4-7H2,1-3H3. The first-order valence-electron chi connectivity index (χ1n) is 5.85. The van der Waals surface area contributed by atoms with Gasteiger partial charge in [0.2, 0.25) is 0 Å². The summed E-state index contributed by atoms with van der Waals surface area (Å²) >= 11 is 0. The van der Waals surface area contributed by atoms with Crippen LogP contribution in [0.3, 0.4) is 0 Å². The molecule has 1 heterocycles. The van der Waals surface area contributed by atoms with Gasteiger partial charge in [-0.1, -0.05) is 6.92 Å². The maximum Gasteiger partial charge on any atom is 0.319 e. The molecule has 0 saturated carbocycles. The number of nitrogens with zero attached hydrogens (tertiary/aromatic N) is 1. The summed E-state index contributed by atoms with van der Waals surface area (Å²) in [5.74, 6) is -3.93. The Morgan fingerprint density at radius 1 is 1.47 bits per heavy atom. The Balaban J connectivity index is 2.68. The number of piperazine rings is 1. The topological polar surface area (TPSA) is 15.3 Å². The molecule has 1 aliphatic rings. The summed E-state index contributed by atoms with van der Waals surface area (Å²) in [5.41, 5.74) is -0.273. The third-order valence-electron chi connectivity index (χ3n) is 3.51. The number of rotatable bonds is 4. The van der Waals surface area contributed by atoms with Crippen LogP contribution in [0, 0.1) is 0 Å². The SMILES string of the molecule is CCC1(C)CN(CC(F)(F)C(F)F)C(C)CN1. The zero-order chi connectivity index (χ0) is 13.3. The van der Waals surface area contributed by atoms with Crippen LogP contribution in [0.5, 0.6) is 0 Å². The van der Waals surface area contributed by atoms with Crippen molar-refractivity contribution in [2.75, 3.05) is 19.6 Å². The van der Waals surface area contributed by atoms with Gasteiger partial charge in [0.1, 0.15) is 0 Å². The molecule has 17 heavy (non-hydrogen) atoms. The molecule has 2 unspecified atom stereocenters.